The minimum absolute atomic E-state index is 0.193. The minimum atomic E-state index is -4.45. The van der Waals surface area contributed by atoms with Crippen LogP contribution in [0.2, 0.25) is 0 Å². The summed E-state index contributed by atoms with van der Waals surface area (Å²) >= 11 is 3.34. The molecule has 0 saturated carbocycles. The van der Waals surface area contributed by atoms with E-state index >= 15 is 0 Å². The third kappa shape index (κ3) is 6.23. The number of rotatable bonds is 5. The Morgan fingerprint density at radius 3 is 2.54 bits per heavy atom. The van der Waals surface area contributed by atoms with Crippen LogP contribution >= 0.6 is 15.9 Å². The van der Waals surface area contributed by atoms with Gasteiger partial charge >= 0.3 is 6.18 Å². The van der Waals surface area contributed by atoms with Crippen molar-refractivity contribution in [3.8, 4) is 0 Å². The van der Waals surface area contributed by atoms with Gasteiger partial charge in [0.25, 0.3) is 0 Å². The van der Waals surface area contributed by atoms with Crippen molar-refractivity contribution in [2.45, 2.75) is 13.1 Å². The lowest BCUT2D eigenvalue weighted by atomic mass is 10.1. The largest absolute Gasteiger partial charge is 0.416 e. The van der Waals surface area contributed by atoms with Crippen LogP contribution in [-0.2, 0) is 15.8 Å². The molecular weight excluding hydrogens is 437 g/mol. The van der Waals surface area contributed by atoms with Crippen LogP contribution in [0.1, 0.15) is 16.7 Å². The van der Waals surface area contributed by atoms with Crippen LogP contribution in [0.4, 0.5) is 18.9 Å². The molecule has 0 saturated heterocycles. The van der Waals surface area contributed by atoms with Crippen molar-refractivity contribution in [2.24, 2.45) is 0 Å². The summed E-state index contributed by atoms with van der Waals surface area (Å²) < 4.78 is 39.0. The first-order valence-corrected chi connectivity index (χ1v) is 9.02. The Labute approximate surface area is 169 Å². The second-order valence-corrected chi connectivity index (χ2v) is 7.07. The number of nitrogens with one attached hydrogen (secondary N) is 1. The second-order valence-electron chi connectivity index (χ2n) is 6.16. The van der Waals surface area contributed by atoms with E-state index in [0.29, 0.717) is 5.69 Å². The van der Waals surface area contributed by atoms with Gasteiger partial charge in [-0.2, -0.15) is 13.2 Å². The van der Waals surface area contributed by atoms with Gasteiger partial charge in [0.2, 0.25) is 11.8 Å². The molecule has 0 heterocycles. The van der Waals surface area contributed by atoms with E-state index in [2.05, 4.69) is 21.2 Å². The van der Waals surface area contributed by atoms with Crippen LogP contribution in [0, 0.1) is 6.92 Å². The summed E-state index contributed by atoms with van der Waals surface area (Å²) in [6, 6.07) is 10.0. The number of benzene rings is 2. The summed E-state index contributed by atoms with van der Waals surface area (Å²) in [6.07, 6.45) is -2.04. The Morgan fingerprint density at radius 2 is 1.89 bits per heavy atom. The van der Waals surface area contributed by atoms with Crippen LogP contribution in [0.5, 0.6) is 0 Å². The van der Waals surface area contributed by atoms with Crippen molar-refractivity contribution in [3.63, 3.8) is 0 Å². The molecule has 28 heavy (non-hydrogen) atoms. The average molecular weight is 455 g/mol. The Balaban J connectivity index is 1.97. The summed E-state index contributed by atoms with van der Waals surface area (Å²) in [5.41, 5.74) is 0.945. The van der Waals surface area contributed by atoms with Crippen molar-refractivity contribution in [3.05, 3.63) is 69.7 Å². The van der Waals surface area contributed by atoms with E-state index in [1.54, 1.807) is 12.1 Å². The van der Waals surface area contributed by atoms with Gasteiger partial charge in [-0.15, -0.1) is 0 Å². The van der Waals surface area contributed by atoms with Crippen molar-refractivity contribution in [1.82, 2.24) is 4.90 Å². The highest BCUT2D eigenvalue weighted by atomic mass is 79.9. The Morgan fingerprint density at radius 1 is 1.18 bits per heavy atom. The number of anilines is 1. The van der Waals surface area contributed by atoms with Gasteiger partial charge < -0.3 is 10.2 Å². The molecule has 2 amide bonds. The maximum atomic E-state index is 12.7. The molecule has 0 aromatic heterocycles. The van der Waals surface area contributed by atoms with E-state index in [9.17, 15) is 22.8 Å². The quantitative estimate of drug-likeness (QED) is 0.654. The fourth-order valence-corrected chi connectivity index (χ4v) is 2.84. The van der Waals surface area contributed by atoms with Crippen LogP contribution in [0.15, 0.2) is 53.0 Å². The van der Waals surface area contributed by atoms with E-state index in [1.807, 2.05) is 13.0 Å². The molecule has 0 atom stereocenters. The lowest BCUT2D eigenvalue weighted by Gasteiger charge is -2.15. The van der Waals surface area contributed by atoms with Gasteiger partial charge in [0.1, 0.15) is 0 Å². The zero-order valence-electron chi connectivity index (χ0n) is 15.2. The first-order chi connectivity index (χ1) is 13.1. The first-order valence-electron chi connectivity index (χ1n) is 8.22. The van der Waals surface area contributed by atoms with E-state index in [0.717, 1.165) is 28.2 Å². The number of hydrogen-bond acceptors (Lipinski definition) is 2. The molecule has 0 radical (unpaired) electrons. The van der Waals surface area contributed by atoms with Crippen molar-refractivity contribution in [2.75, 3.05) is 18.9 Å². The third-order valence-electron chi connectivity index (χ3n) is 3.85. The van der Waals surface area contributed by atoms with Gasteiger partial charge in [-0.05, 0) is 54.5 Å². The van der Waals surface area contributed by atoms with E-state index in [-0.39, 0.29) is 18.0 Å². The van der Waals surface area contributed by atoms with Gasteiger partial charge in [0.15, 0.2) is 0 Å². The molecule has 8 heteroatoms. The molecule has 4 nitrogen and oxygen atoms in total. The highest BCUT2D eigenvalue weighted by Crippen LogP contribution is 2.29. The molecule has 0 aliphatic rings. The fourth-order valence-electron chi connectivity index (χ4n) is 2.36. The Bertz CT molecular complexity index is 911. The van der Waals surface area contributed by atoms with E-state index in [4.69, 9.17) is 0 Å². The number of aryl methyl sites for hydroxylation is 1. The van der Waals surface area contributed by atoms with Crippen LogP contribution in [-0.4, -0.2) is 30.3 Å². The van der Waals surface area contributed by atoms with Gasteiger partial charge in [-0.1, -0.05) is 28.1 Å². The molecule has 0 unspecified atom stereocenters. The highest BCUT2D eigenvalue weighted by Gasteiger charge is 2.30. The number of nitrogens with zero attached hydrogens (tertiary/aromatic N) is 1. The summed E-state index contributed by atoms with van der Waals surface area (Å²) in [6.45, 7) is 1.65. The zero-order chi connectivity index (χ0) is 20.9. The third-order valence-corrected chi connectivity index (χ3v) is 4.35. The zero-order valence-corrected chi connectivity index (χ0v) is 16.8. The highest BCUT2D eigenvalue weighted by molar-refractivity contribution is 9.10. The van der Waals surface area contributed by atoms with Gasteiger partial charge in [-0.25, -0.2) is 0 Å². The summed E-state index contributed by atoms with van der Waals surface area (Å²) in [5.74, 6) is -0.881. The van der Waals surface area contributed by atoms with Gasteiger partial charge in [0, 0.05) is 23.3 Å². The lowest BCUT2D eigenvalue weighted by Crippen LogP contribution is -2.34. The summed E-state index contributed by atoms with van der Waals surface area (Å²) in [4.78, 5) is 25.4. The monoisotopic (exact) mass is 454 g/mol. The number of amides is 2. The molecule has 2 rings (SSSR count). The molecule has 0 spiro atoms. The molecule has 1 N–H and O–H groups in total. The smallest absolute Gasteiger partial charge is 0.333 e. The number of carbonyl (C=O) groups excluding carboxylic acids is 2. The van der Waals surface area contributed by atoms with Crippen molar-refractivity contribution < 1.29 is 22.8 Å². The van der Waals surface area contributed by atoms with E-state index in [1.165, 1.54) is 30.2 Å². The second kappa shape index (κ2) is 9.05. The van der Waals surface area contributed by atoms with Gasteiger partial charge in [-0.3, -0.25) is 9.59 Å². The normalized spacial score (nSPS) is 11.5. The van der Waals surface area contributed by atoms with Crippen molar-refractivity contribution in [1.29, 1.82) is 0 Å². The maximum absolute atomic E-state index is 12.7. The van der Waals surface area contributed by atoms with Crippen molar-refractivity contribution >= 4 is 39.5 Å². The molecule has 0 bridgehead atoms. The molecule has 148 valence electrons. The topological polar surface area (TPSA) is 49.4 Å². The molecular formula is C20H18BrF3N2O2. The Kier molecular flexibility index (Phi) is 7.01. The lowest BCUT2D eigenvalue weighted by molar-refractivity contribution is -0.137. The Hall–Kier alpha value is -2.61. The van der Waals surface area contributed by atoms with E-state index < -0.39 is 17.6 Å². The standard InChI is InChI=1S/C20H18BrF3N2O2/c1-13-10-16(21)7-8-17(13)25-18(27)12-26(2)19(28)9-6-14-4-3-5-15(11-14)20(22,23)24/h3-11H,12H2,1-2H3,(H,25,27). The molecule has 2 aromatic rings. The summed E-state index contributed by atoms with van der Waals surface area (Å²) in [5, 5.41) is 2.72. The molecule has 0 aliphatic heterocycles. The predicted molar refractivity (Wildman–Crippen MR) is 106 cm³/mol. The fraction of sp³-hybridized carbons (Fsp3) is 0.200. The molecule has 2 aromatic carbocycles. The van der Waals surface area contributed by atoms with Gasteiger partial charge in [0.05, 0.1) is 12.1 Å². The molecule has 0 aliphatic carbocycles. The SMILES string of the molecule is Cc1cc(Br)ccc1NC(=O)CN(C)C(=O)C=Cc1cccc(C(F)(F)F)c1. The molecule has 0 fully saturated rings. The van der Waals surface area contributed by atoms with Crippen LogP contribution in [0.25, 0.3) is 6.08 Å². The first kappa shape index (κ1) is 21.7. The van der Waals surface area contributed by atoms with Crippen LogP contribution in [0.3, 0.4) is 0 Å². The minimum Gasteiger partial charge on any atom is -0.333 e. The number of likely N-dealkylation sites (N-methyl/N-ethyl adjacent to an activating group) is 1. The number of hydrogen-bond donors (Lipinski definition) is 1. The predicted octanol–water partition coefficient (Wildman–Crippen LogP) is 4.89. The summed E-state index contributed by atoms with van der Waals surface area (Å²) in [7, 11) is 1.44. The number of carbonyl (C=O) groups is 2. The van der Waals surface area contributed by atoms with Crippen LogP contribution < -0.4 is 5.32 Å². The average Bonchev–Trinajstić information content (AvgIpc) is 2.61. The number of alkyl halides is 3. The number of halogens is 4. The maximum Gasteiger partial charge on any atom is 0.416 e.